The number of ketones is 1. The lowest BCUT2D eigenvalue weighted by Crippen LogP contribution is -2.13. The van der Waals surface area contributed by atoms with Gasteiger partial charge in [0.15, 0.2) is 5.78 Å². The Bertz CT molecular complexity index is 736. The molecule has 0 amide bonds. The van der Waals surface area contributed by atoms with Gasteiger partial charge in [0, 0.05) is 24.7 Å². The highest BCUT2D eigenvalue weighted by molar-refractivity contribution is 6.21. The van der Waals surface area contributed by atoms with E-state index in [1.54, 1.807) is 6.20 Å². The molecule has 0 aliphatic heterocycles. The molecule has 0 unspecified atom stereocenters. The molecule has 2 rings (SSSR count). The van der Waals surface area contributed by atoms with Crippen molar-refractivity contribution in [3.05, 3.63) is 77.5 Å². The van der Waals surface area contributed by atoms with Gasteiger partial charge in [0.1, 0.15) is 0 Å². The van der Waals surface area contributed by atoms with Crippen LogP contribution in [-0.2, 0) is 17.4 Å². The predicted molar refractivity (Wildman–Crippen MR) is 92.9 cm³/mol. The molecule has 0 bridgehead atoms. The van der Waals surface area contributed by atoms with Crippen LogP contribution in [0.15, 0.2) is 60.8 Å². The molecule has 2 nitrogen and oxygen atoms in total. The van der Waals surface area contributed by atoms with Gasteiger partial charge in [-0.25, -0.2) is 0 Å². The first-order chi connectivity index (χ1) is 11.9. The summed E-state index contributed by atoms with van der Waals surface area (Å²) in [5.74, 6) is -0.228. The summed E-state index contributed by atoms with van der Waals surface area (Å²) in [6.45, 7) is 2.72. The van der Waals surface area contributed by atoms with E-state index in [0.29, 0.717) is 17.7 Å². The summed E-state index contributed by atoms with van der Waals surface area (Å²) in [5.41, 5.74) is 0.804. The zero-order valence-corrected chi connectivity index (χ0v) is 13.9. The smallest absolute Gasteiger partial charge is 0.390 e. The van der Waals surface area contributed by atoms with Crippen molar-refractivity contribution in [1.29, 1.82) is 0 Å². The van der Waals surface area contributed by atoms with Crippen molar-refractivity contribution in [3.8, 4) is 0 Å². The van der Waals surface area contributed by atoms with Crippen molar-refractivity contribution >= 4 is 11.4 Å². The van der Waals surface area contributed by atoms with E-state index in [4.69, 9.17) is 0 Å². The van der Waals surface area contributed by atoms with Crippen LogP contribution in [0.5, 0.6) is 0 Å². The Morgan fingerprint density at radius 2 is 1.80 bits per heavy atom. The van der Waals surface area contributed by atoms with Gasteiger partial charge in [-0.15, -0.1) is 0 Å². The molecule has 0 saturated carbocycles. The summed E-state index contributed by atoms with van der Waals surface area (Å²) in [4.78, 5) is 12.7. The predicted octanol–water partition coefficient (Wildman–Crippen LogP) is 4.86. The van der Waals surface area contributed by atoms with Crippen LogP contribution in [0.4, 0.5) is 13.2 Å². The molecule has 132 valence electrons. The second kappa shape index (κ2) is 8.51. The third-order valence-corrected chi connectivity index (χ3v) is 3.64. The average molecular weight is 347 g/mol. The molecule has 0 radical (unpaired) electrons. The molecule has 0 atom stereocenters. The monoisotopic (exact) mass is 347 g/mol. The zero-order valence-electron chi connectivity index (χ0n) is 13.9. The molecule has 0 spiro atoms. The Kier molecular flexibility index (Phi) is 6.39. The SMILES string of the molecule is CCCNC=C(C(=O)Cc1cccc(C(F)(F)F)c1)c1ccccc1. The van der Waals surface area contributed by atoms with Crippen molar-refractivity contribution in [2.75, 3.05) is 6.54 Å². The second-order valence-corrected chi connectivity index (χ2v) is 5.68. The summed E-state index contributed by atoms with van der Waals surface area (Å²) in [7, 11) is 0. The Hall–Kier alpha value is -2.56. The molecular weight excluding hydrogens is 327 g/mol. The van der Waals surface area contributed by atoms with Crippen LogP contribution in [0.25, 0.3) is 5.57 Å². The van der Waals surface area contributed by atoms with Crippen LogP contribution in [0.2, 0.25) is 0 Å². The van der Waals surface area contributed by atoms with Gasteiger partial charge < -0.3 is 5.32 Å². The van der Waals surface area contributed by atoms with Crippen molar-refractivity contribution in [2.24, 2.45) is 0 Å². The molecule has 0 aliphatic rings. The van der Waals surface area contributed by atoms with Gasteiger partial charge in [-0.05, 0) is 23.6 Å². The van der Waals surface area contributed by atoms with E-state index in [0.717, 1.165) is 24.1 Å². The molecule has 2 aromatic carbocycles. The molecule has 0 heterocycles. The Morgan fingerprint density at radius 1 is 1.08 bits per heavy atom. The highest BCUT2D eigenvalue weighted by atomic mass is 19.4. The highest BCUT2D eigenvalue weighted by Crippen LogP contribution is 2.30. The van der Waals surface area contributed by atoms with E-state index in [-0.39, 0.29) is 12.2 Å². The average Bonchev–Trinajstić information content (AvgIpc) is 2.59. The number of allylic oxidation sites excluding steroid dienone is 1. The van der Waals surface area contributed by atoms with Gasteiger partial charge in [-0.2, -0.15) is 13.2 Å². The minimum absolute atomic E-state index is 0.0849. The van der Waals surface area contributed by atoms with Crippen LogP contribution in [0, 0.1) is 0 Å². The molecule has 1 N–H and O–H groups in total. The lowest BCUT2D eigenvalue weighted by molar-refractivity contribution is -0.137. The number of Topliss-reactive ketones (excluding diaryl/α,β-unsaturated/α-hetero) is 1. The number of halogens is 3. The minimum Gasteiger partial charge on any atom is -0.390 e. The van der Waals surface area contributed by atoms with Gasteiger partial charge >= 0.3 is 6.18 Å². The largest absolute Gasteiger partial charge is 0.416 e. The number of carbonyl (C=O) groups is 1. The molecule has 0 aromatic heterocycles. The lowest BCUT2D eigenvalue weighted by Gasteiger charge is -2.11. The third-order valence-electron chi connectivity index (χ3n) is 3.64. The van der Waals surface area contributed by atoms with Crippen molar-refractivity contribution in [3.63, 3.8) is 0 Å². The zero-order chi connectivity index (χ0) is 18.3. The van der Waals surface area contributed by atoms with Crippen LogP contribution >= 0.6 is 0 Å². The fourth-order valence-corrected chi connectivity index (χ4v) is 2.40. The number of rotatable bonds is 7. The molecule has 5 heteroatoms. The van der Waals surface area contributed by atoms with Crippen LogP contribution in [-0.4, -0.2) is 12.3 Å². The van der Waals surface area contributed by atoms with Gasteiger partial charge in [0.05, 0.1) is 5.56 Å². The number of carbonyl (C=O) groups excluding carboxylic acids is 1. The minimum atomic E-state index is -4.42. The normalized spacial score (nSPS) is 12.1. The highest BCUT2D eigenvalue weighted by Gasteiger charge is 2.30. The molecule has 0 fully saturated rings. The maximum atomic E-state index is 12.8. The number of benzene rings is 2. The second-order valence-electron chi connectivity index (χ2n) is 5.68. The molecular formula is C20H20F3NO. The number of hydrogen-bond acceptors (Lipinski definition) is 2. The summed E-state index contributed by atoms with van der Waals surface area (Å²) < 4.78 is 38.5. The first-order valence-corrected chi connectivity index (χ1v) is 8.10. The van der Waals surface area contributed by atoms with E-state index in [2.05, 4.69) is 5.32 Å². The Morgan fingerprint density at radius 3 is 2.44 bits per heavy atom. The molecule has 2 aromatic rings. The van der Waals surface area contributed by atoms with Gasteiger partial charge in [-0.3, -0.25) is 4.79 Å². The van der Waals surface area contributed by atoms with E-state index in [9.17, 15) is 18.0 Å². The first-order valence-electron chi connectivity index (χ1n) is 8.10. The van der Waals surface area contributed by atoms with Crippen molar-refractivity contribution < 1.29 is 18.0 Å². The summed E-state index contributed by atoms with van der Waals surface area (Å²) in [5, 5.41) is 3.07. The Labute approximate surface area is 145 Å². The quantitative estimate of drug-likeness (QED) is 0.573. The third kappa shape index (κ3) is 5.48. The maximum Gasteiger partial charge on any atom is 0.416 e. The summed E-state index contributed by atoms with van der Waals surface area (Å²) in [6, 6.07) is 14.0. The van der Waals surface area contributed by atoms with E-state index in [1.807, 2.05) is 37.3 Å². The fraction of sp³-hybridized carbons (Fsp3) is 0.250. The fourth-order valence-electron chi connectivity index (χ4n) is 2.40. The van der Waals surface area contributed by atoms with Crippen molar-refractivity contribution in [1.82, 2.24) is 5.32 Å². The van der Waals surface area contributed by atoms with Crippen LogP contribution in [0.3, 0.4) is 0 Å². The maximum absolute atomic E-state index is 12.8. The molecule has 0 aliphatic carbocycles. The number of hydrogen-bond donors (Lipinski definition) is 1. The van der Waals surface area contributed by atoms with Crippen LogP contribution in [0.1, 0.15) is 30.0 Å². The topological polar surface area (TPSA) is 29.1 Å². The summed E-state index contributed by atoms with van der Waals surface area (Å²) in [6.07, 6.45) is -1.95. The standard InChI is InChI=1S/C20H20F3NO/c1-2-11-24-14-18(16-8-4-3-5-9-16)19(25)13-15-7-6-10-17(12-15)20(21,22)23/h3-10,12,14,24H,2,11,13H2,1H3. The molecule has 25 heavy (non-hydrogen) atoms. The first kappa shape index (κ1) is 18.8. The van der Waals surface area contributed by atoms with Crippen LogP contribution < -0.4 is 5.32 Å². The van der Waals surface area contributed by atoms with E-state index in [1.165, 1.54) is 12.1 Å². The van der Waals surface area contributed by atoms with Crippen molar-refractivity contribution in [2.45, 2.75) is 25.9 Å². The van der Waals surface area contributed by atoms with Gasteiger partial charge in [0.25, 0.3) is 0 Å². The Balaban J connectivity index is 2.24. The van der Waals surface area contributed by atoms with E-state index >= 15 is 0 Å². The van der Waals surface area contributed by atoms with Gasteiger partial charge in [-0.1, -0.05) is 55.5 Å². The van der Waals surface area contributed by atoms with E-state index < -0.39 is 11.7 Å². The van der Waals surface area contributed by atoms with Gasteiger partial charge in [0.2, 0.25) is 0 Å². The number of nitrogens with one attached hydrogen (secondary N) is 1. The summed E-state index contributed by atoms with van der Waals surface area (Å²) >= 11 is 0. The lowest BCUT2D eigenvalue weighted by atomic mass is 9.97. The molecule has 0 saturated heterocycles. The number of alkyl halides is 3.